The third-order valence-corrected chi connectivity index (χ3v) is 6.32. The second-order valence-electron chi connectivity index (χ2n) is 7.07. The van der Waals surface area contributed by atoms with Crippen molar-refractivity contribution in [3.05, 3.63) is 74.8 Å². The number of nitrogens with zero attached hydrogens (tertiary/aromatic N) is 1. The molecule has 1 heterocycles. The number of allylic oxidation sites excluding steroid dienone is 1. The molecule has 2 amide bonds. The zero-order chi connectivity index (χ0) is 23.3. The highest BCUT2D eigenvalue weighted by Crippen LogP contribution is 2.36. The summed E-state index contributed by atoms with van der Waals surface area (Å²) in [4.78, 5) is 36.3. The second kappa shape index (κ2) is 10.4. The van der Waals surface area contributed by atoms with E-state index in [0.717, 1.165) is 22.9 Å². The van der Waals surface area contributed by atoms with Crippen LogP contribution in [0.15, 0.2) is 53.1 Å². The third-order valence-electron chi connectivity index (χ3n) is 4.89. The van der Waals surface area contributed by atoms with Gasteiger partial charge in [-0.25, -0.2) is 4.79 Å². The van der Waals surface area contributed by atoms with Crippen molar-refractivity contribution >= 4 is 46.8 Å². The summed E-state index contributed by atoms with van der Waals surface area (Å²) in [6.07, 6.45) is 0.0958. The lowest BCUT2D eigenvalue weighted by Crippen LogP contribution is -2.31. The minimum Gasteiger partial charge on any atom is -0.465 e. The van der Waals surface area contributed by atoms with E-state index in [0.29, 0.717) is 26.9 Å². The van der Waals surface area contributed by atoms with Crippen LogP contribution < -0.4 is 10.6 Å². The number of aryl methyl sites for hydroxylation is 1. The van der Waals surface area contributed by atoms with Crippen LogP contribution >= 0.6 is 23.4 Å². The number of thioether (sulfide) groups is 1. The van der Waals surface area contributed by atoms with Gasteiger partial charge in [0.25, 0.3) is 0 Å². The fraction of sp³-hybridized carbons (Fsp3) is 0.217. The van der Waals surface area contributed by atoms with E-state index in [1.54, 1.807) is 42.5 Å². The topological polar surface area (TPSA) is 108 Å². The molecule has 32 heavy (non-hydrogen) atoms. The van der Waals surface area contributed by atoms with Gasteiger partial charge in [0.15, 0.2) is 0 Å². The Morgan fingerprint density at radius 2 is 2.00 bits per heavy atom. The van der Waals surface area contributed by atoms with Crippen molar-refractivity contribution in [1.82, 2.24) is 5.32 Å². The highest BCUT2D eigenvalue weighted by Gasteiger charge is 2.30. The number of benzene rings is 2. The minimum absolute atomic E-state index is 0.000285. The summed E-state index contributed by atoms with van der Waals surface area (Å²) in [6.45, 7) is 1.87. The van der Waals surface area contributed by atoms with E-state index in [1.165, 1.54) is 7.11 Å². The van der Waals surface area contributed by atoms with E-state index in [4.69, 9.17) is 16.3 Å². The minimum atomic E-state index is -0.470. The molecular weight excluding hydrogens is 450 g/mol. The number of carbonyl (C=O) groups excluding carboxylic acids is 3. The van der Waals surface area contributed by atoms with Gasteiger partial charge in [-0.2, -0.15) is 5.26 Å². The monoisotopic (exact) mass is 469 g/mol. The molecule has 1 atom stereocenters. The largest absolute Gasteiger partial charge is 0.465 e. The molecule has 0 spiro atoms. The number of hydrogen-bond acceptors (Lipinski definition) is 6. The van der Waals surface area contributed by atoms with Crippen LogP contribution in [0.3, 0.4) is 0 Å². The van der Waals surface area contributed by atoms with E-state index < -0.39 is 11.9 Å². The van der Waals surface area contributed by atoms with Crippen molar-refractivity contribution in [2.45, 2.75) is 19.3 Å². The van der Waals surface area contributed by atoms with E-state index in [2.05, 4.69) is 16.7 Å². The van der Waals surface area contributed by atoms with Crippen molar-refractivity contribution in [1.29, 1.82) is 5.26 Å². The Labute approximate surface area is 194 Å². The molecule has 164 valence electrons. The van der Waals surface area contributed by atoms with E-state index >= 15 is 0 Å². The van der Waals surface area contributed by atoms with Crippen LogP contribution in [-0.2, 0) is 14.3 Å². The first-order valence-electron chi connectivity index (χ1n) is 9.63. The molecule has 3 rings (SSSR count). The number of carbonyl (C=O) groups is 3. The molecule has 7 nitrogen and oxygen atoms in total. The first-order chi connectivity index (χ1) is 15.3. The quantitative estimate of drug-likeness (QED) is 0.615. The van der Waals surface area contributed by atoms with E-state index in [-0.39, 0.29) is 24.0 Å². The molecule has 2 N–H and O–H groups in total. The standard InChI is InChI=1S/C23H20ClN3O4S/c1-13-3-8-16(9-19(13)24)26-21(29)12-32-22-18(11-25)17(10-20(28)27-22)14-4-6-15(7-5-14)23(30)31-2/h3-9,17H,10,12H2,1-2H3,(H,26,29)(H,27,28)/t17-/m1/s1. The first-order valence-corrected chi connectivity index (χ1v) is 11.0. The SMILES string of the molecule is COC(=O)c1ccc([C@H]2CC(=O)NC(SCC(=O)Nc3ccc(C)c(Cl)c3)=C2C#N)cc1. The highest BCUT2D eigenvalue weighted by atomic mass is 35.5. The van der Waals surface area contributed by atoms with Gasteiger partial charge in [0.05, 0.1) is 35.1 Å². The molecular formula is C23H20ClN3O4S. The van der Waals surface area contributed by atoms with Gasteiger partial charge in [0.2, 0.25) is 11.8 Å². The summed E-state index contributed by atoms with van der Waals surface area (Å²) < 4.78 is 4.69. The first kappa shape index (κ1) is 23.4. The number of rotatable bonds is 6. The van der Waals surface area contributed by atoms with Crippen LogP contribution in [0.1, 0.15) is 33.8 Å². The molecule has 9 heteroatoms. The predicted octanol–water partition coefficient (Wildman–Crippen LogP) is 4.15. The third kappa shape index (κ3) is 5.49. The maximum Gasteiger partial charge on any atom is 0.337 e. The Balaban J connectivity index is 1.75. The number of methoxy groups -OCH3 is 1. The Morgan fingerprint density at radius 3 is 2.62 bits per heavy atom. The molecule has 2 aromatic rings. The van der Waals surface area contributed by atoms with Gasteiger partial charge in [-0.15, -0.1) is 0 Å². The lowest BCUT2D eigenvalue weighted by Gasteiger charge is -2.25. The second-order valence-corrected chi connectivity index (χ2v) is 8.47. The smallest absolute Gasteiger partial charge is 0.337 e. The number of ether oxygens (including phenoxy) is 1. The molecule has 2 aromatic carbocycles. The fourth-order valence-corrected chi connectivity index (χ4v) is 4.25. The van der Waals surface area contributed by atoms with E-state index in [9.17, 15) is 19.6 Å². The van der Waals surface area contributed by atoms with Crippen LogP contribution in [0.25, 0.3) is 0 Å². The summed E-state index contributed by atoms with van der Waals surface area (Å²) in [5.41, 5.74) is 2.93. The summed E-state index contributed by atoms with van der Waals surface area (Å²) in [5.74, 6) is -1.48. The zero-order valence-electron chi connectivity index (χ0n) is 17.4. The average molecular weight is 470 g/mol. The molecule has 0 saturated carbocycles. The molecule has 0 aromatic heterocycles. The van der Waals surface area contributed by atoms with Gasteiger partial charge < -0.3 is 15.4 Å². The van der Waals surface area contributed by atoms with Gasteiger partial charge in [0, 0.05) is 23.0 Å². The van der Waals surface area contributed by atoms with Crippen LogP contribution in [0.2, 0.25) is 5.02 Å². The molecule has 0 saturated heterocycles. The van der Waals surface area contributed by atoms with Crippen LogP contribution in [-0.4, -0.2) is 30.6 Å². The average Bonchev–Trinajstić information content (AvgIpc) is 2.79. The van der Waals surface area contributed by atoms with Crippen molar-refractivity contribution in [2.24, 2.45) is 0 Å². The Bertz CT molecular complexity index is 1140. The van der Waals surface area contributed by atoms with Gasteiger partial charge in [-0.05, 0) is 42.3 Å². The maximum atomic E-state index is 12.4. The van der Waals surface area contributed by atoms with Gasteiger partial charge in [-0.1, -0.05) is 41.6 Å². The normalized spacial score (nSPS) is 15.6. The predicted molar refractivity (Wildman–Crippen MR) is 123 cm³/mol. The fourth-order valence-electron chi connectivity index (χ4n) is 3.19. The molecule has 0 bridgehead atoms. The zero-order valence-corrected chi connectivity index (χ0v) is 19.0. The highest BCUT2D eigenvalue weighted by molar-refractivity contribution is 8.03. The number of amides is 2. The number of halogens is 1. The van der Waals surface area contributed by atoms with Crippen molar-refractivity contribution in [3.63, 3.8) is 0 Å². The molecule has 0 aliphatic carbocycles. The van der Waals surface area contributed by atoms with Crippen molar-refractivity contribution < 1.29 is 19.1 Å². The summed E-state index contributed by atoms with van der Waals surface area (Å²) in [6, 6.07) is 14.0. The maximum absolute atomic E-state index is 12.4. The van der Waals surface area contributed by atoms with Gasteiger partial charge >= 0.3 is 5.97 Å². The van der Waals surface area contributed by atoms with Crippen molar-refractivity contribution in [3.8, 4) is 6.07 Å². The number of nitriles is 1. The van der Waals surface area contributed by atoms with Gasteiger partial charge in [-0.3, -0.25) is 9.59 Å². The Kier molecular flexibility index (Phi) is 7.57. The Hall–Kier alpha value is -3.28. The summed E-state index contributed by atoms with van der Waals surface area (Å²) in [5, 5.41) is 16.1. The molecule has 1 aliphatic heterocycles. The lowest BCUT2D eigenvalue weighted by atomic mass is 9.87. The van der Waals surface area contributed by atoms with E-state index in [1.807, 2.05) is 6.92 Å². The number of anilines is 1. The molecule has 0 unspecified atom stereocenters. The summed E-state index contributed by atoms with van der Waals surface area (Å²) >= 11 is 7.17. The van der Waals surface area contributed by atoms with Crippen LogP contribution in [0, 0.1) is 18.3 Å². The van der Waals surface area contributed by atoms with Crippen molar-refractivity contribution in [2.75, 3.05) is 18.2 Å². The van der Waals surface area contributed by atoms with Crippen LogP contribution in [0.4, 0.5) is 5.69 Å². The Morgan fingerprint density at radius 1 is 1.28 bits per heavy atom. The van der Waals surface area contributed by atoms with Gasteiger partial charge in [0.1, 0.15) is 0 Å². The molecule has 1 aliphatic rings. The summed E-state index contributed by atoms with van der Waals surface area (Å²) in [7, 11) is 1.30. The number of nitrogens with one attached hydrogen (secondary N) is 2. The number of hydrogen-bond donors (Lipinski definition) is 2. The number of esters is 1. The molecule has 0 fully saturated rings. The van der Waals surface area contributed by atoms with Crippen LogP contribution in [0.5, 0.6) is 0 Å². The molecule has 0 radical (unpaired) electrons. The lowest BCUT2D eigenvalue weighted by molar-refractivity contribution is -0.121.